The number of amides is 1. The number of rotatable bonds is 4. The second kappa shape index (κ2) is 7.19. The number of nitrogens with zero attached hydrogens (tertiary/aromatic N) is 3. The minimum Gasteiger partial charge on any atom is -0.398 e. The van der Waals surface area contributed by atoms with E-state index in [1.807, 2.05) is 77.4 Å². The van der Waals surface area contributed by atoms with Gasteiger partial charge in [-0.2, -0.15) is 5.10 Å². The maximum Gasteiger partial charge on any atom is 0.256 e. The first kappa shape index (κ1) is 18.2. The van der Waals surface area contributed by atoms with Crippen molar-refractivity contribution in [2.24, 2.45) is 7.05 Å². The Hall–Kier alpha value is -3.86. The molecule has 1 aliphatic rings. The number of nitrogen functional groups attached to an aromatic ring is 1. The number of aryl methyl sites for hydroxylation is 1. The molecular weight excluding hydrogens is 372 g/mol. The molecule has 5 heteroatoms. The van der Waals surface area contributed by atoms with Crippen LogP contribution < -0.4 is 5.73 Å². The molecule has 1 amide bonds. The van der Waals surface area contributed by atoms with Gasteiger partial charge in [0.2, 0.25) is 0 Å². The third-order valence-corrected chi connectivity index (χ3v) is 5.69. The predicted molar refractivity (Wildman–Crippen MR) is 121 cm³/mol. The summed E-state index contributed by atoms with van der Waals surface area (Å²) in [5.41, 5.74) is 12.7. The number of benzene rings is 3. The van der Waals surface area contributed by atoms with E-state index in [1.165, 1.54) is 0 Å². The van der Waals surface area contributed by atoms with E-state index in [4.69, 9.17) is 5.73 Å². The van der Waals surface area contributed by atoms with Crippen molar-refractivity contribution in [2.75, 3.05) is 12.3 Å². The first-order valence-corrected chi connectivity index (χ1v) is 9.96. The summed E-state index contributed by atoms with van der Waals surface area (Å²) in [4.78, 5) is 14.9. The van der Waals surface area contributed by atoms with E-state index in [0.717, 1.165) is 33.2 Å². The third-order valence-electron chi connectivity index (χ3n) is 5.69. The number of carbonyl (C=O) groups excluding carboxylic acids is 1. The average molecular weight is 394 g/mol. The quantitative estimate of drug-likeness (QED) is 0.519. The van der Waals surface area contributed by atoms with E-state index >= 15 is 0 Å². The van der Waals surface area contributed by atoms with Crippen LogP contribution in [0, 0.1) is 0 Å². The SMILES string of the molecule is Cn1ncc2ccc(-c3ccc(N)c4c3CN(C/C=C\c3ccccc3)C4=O)cc21. The summed E-state index contributed by atoms with van der Waals surface area (Å²) in [5.74, 6) is -0.0105. The highest BCUT2D eigenvalue weighted by atomic mass is 16.2. The number of carbonyl (C=O) groups is 1. The van der Waals surface area contributed by atoms with Crippen LogP contribution in [0.4, 0.5) is 5.69 Å². The molecular formula is C25H22N4O. The summed E-state index contributed by atoms with van der Waals surface area (Å²) in [7, 11) is 1.93. The lowest BCUT2D eigenvalue weighted by molar-refractivity contribution is 0.0797. The number of fused-ring (bicyclic) bond motifs is 2. The van der Waals surface area contributed by atoms with E-state index in [0.29, 0.717) is 24.3 Å². The van der Waals surface area contributed by atoms with E-state index in [-0.39, 0.29) is 5.91 Å². The topological polar surface area (TPSA) is 64.2 Å². The minimum absolute atomic E-state index is 0.0105. The summed E-state index contributed by atoms with van der Waals surface area (Å²) in [6, 6.07) is 20.2. The third kappa shape index (κ3) is 3.05. The molecule has 0 radical (unpaired) electrons. The van der Waals surface area contributed by atoms with Gasteiger partial charge in [-0.3, -0.25) is 9.48 Å². The van der Waals surface area contributed by atoms with E-state index < -0.39 is 0 Å². The summed E-state index contributed by atoms with van der Waals surface area (Å²) in [5, 5.41) is 5.42. The molecule has 1 aromatic heterocycles. The molecule has 3 aromatic carbocycles. The van der Waals surface area contributed by atoms with E-state index in [9.17, 15) is 4.79 Å². The molecule has 30 heavy (non-hydrogen) atoms. The molecule has 148 valence electrons. The lowest BCUT2D eigenvalue weighted by Gasteiger charge is -2.13. The van der Waals surface area contributed by atoms with Crippen LogP contribution in [0.1, 0.15) is 21.5 Å². The van der Waals surface area contributed by atoms with Gasteiger partial charge in [0.05, 0.1) is 17.3 Å². The van der Waals surface area contributed by atoms with Crippen molar-refractivity contribution in [1.82, 2.24) is 14.7 Å². The Kier molecular flexibility index (Phi) is 4.36. The fourth-order valence-electron chi connectivity index (χ4n) is 4.11. The van der Waals surface area contributed by atoms with Crippen LogP contribution >= 0.6 is 0 Å². The Morgan fingerprint density at radius 3 is 2.77 bits per heavy atom. The Morgan fingerprint density at radius 2 is 1.93 bits per heavy atom. The molecule has 0 atom stereocenters. The normalized spacial score (nSPS) is 13.5. The Balaban J connectivity index is 1.48. The second-order valence-electron chi connectivity index (χ2n) is 7.60. The van der Waals surface area contributed by atoms with Gasteiger partial charge >= 0.3 is 0 Å². The Bertz CT molecular complexity index is 1290. The number of nitrogens with two attached hydrogens (primary N) is 1. The number of hydrogen-bond donors (Lipinski definition) is 1. The number of aromatic nitrogens is 2. The highest BCUT2D eigenvalue weighted by Gasteiger charge is 2.31. The van der Waals surface area contributed by atoms with Crippen molar-refractivity contribution >= 4 is 28.6 Å². The summed E-state index contributed by atoms with van der Waals surface area (Å²) >= 11 is 0. The van der Waals surface area contributed by atoms with E-state index in [2.05, 4.69) is 23.3 Å². The zero-order valence-corrected chi connectivity index (χ0v) is 16.7. The fraction of sp³-hybridized carbons (Fsp3) is 0.120. The molecule has 0 spiro atoms. The maximum atomic E-state index is 13.1. The van der Waals surface area contributed by atoms with Gasteiger partial charge in [-0.1, -0.05) is 60.7 Å². The second-order valence-corrected chi connectivity index (χ2v) is 7.60. The molecule has 1 aliphatic heterocycles. The zero-order valence-electron chi connectivity index (χ0n) is 16.7. The van der Waals surface area contributed by atoms with Crippen molar-refractivity contribution in [3.8, 4) is 11.1 Å². The summed E-state index contributed by atoms with van der Waals surface area (Å²) in [6.07, 6.45) is 5.92. The summed E-state index contributed by atoms with van der Waals surface area (Å²) < 4.78 is 1.86. The van der Waals surface area contributed by atoms with Crippen molar-refractivity contribution in [3.63, 3.8) is 0 Å². The molecule has 0 bridgehead atoms. The Morgan fingerprint density at radius 1 is 1.10 bits per heavy atom. The molecule has 5 rings (SSSR count). The molecule has 0 saturated carbocycles. The van der Waals surface area contributed by atoms with Gasteiger partial charge < -0.3 is 10.6 Å². The number of hydrogen-bond acceptors (Lipinski definition) is 3. The van der Waals surface area contributed by atoms with Gasteiger partial charge in [0, 0.05) is 31.2 Å². The molecule has 0 aliphatic carbocycles. The highest BCUT2D eigenvalue weighted by molar-refractivity contribution is 6.05. The Labute approximate surface area is 175 Å². The lowest BCUT2D eigenvalue weighted by Crippen LogP contribution is -2.24. The highest BCUT2D eigenvalue weighted by Crippen LogP contribution is 2.36. The first-order chi connectivity index (χ1) is 14.6. The largest absolute Gasteiger partial charge is 0.398 e. The van der Waals surface area contributed by atoms with Gasteiger partial charge in [-0.15, -0.1) is 0 Å². The van der Waals surface area contributed by atoms with Crippen LogP contribution in [0.2, 0.25) is 0 Å². The van der Waals surface area contributed by atoms with Gasteiger partial charge in [-0.25, -0.2) is 0 Å². The van der Waals surface area contributed by atoms with Gasteiger partial charge in [0.1, 0.15) is 0 Å². The molecule has 4 aromatic rings. The van der Waals surface area contributed by atoms with Crippen molar-refractivity contribution in [3.05, 3.63) is 89.6 Å². The zero-order chi connectivity index (χ0) is 20.7. The van der Waals surface area contributed by atoms with Gasteiger partial charge in [0.15, 0.2) is 0 Å². The molecule has 2 N–H and O–H groups in total. The van der Waals surface area contributed by atoms with Crippen LogP contribution in [0.5, 0.6) is 0 Å². The molecule has 5 nitrogen and oxygen atoms in total. The van der Waals surface area contributed by atoms with Crippen molar-refractivity contribution < 1.29 is 4.79 Å². The summed E-state index contributed by atoms with van der Waals surface area (Å²) in [6.45, 7) is 1.10. The molecule has 0 unspecified atom stereocenters. The number of anilines is 1. The van der Waals surface area contributed by atoms with E-state index in [1.54, 1.807) is 0 Å². The van der Waals surface area contributed by atoms with Crippen LogP contribution in [-0.2, 0) is 13.6 Å². The van der Waals surface area contributed by atoms with Crippen LogP contribution in [0.3, 0.4) is 0 Å². The van der Waals surface area contributed by atoms with Gasteiger partial charge in [-0.05, 0) is 34.4 Å². The lowest BCUT2D eigenvalue weighted by atomic mass is 9.95. The van der Waals surface area contributed by atoms with Crippen LogP contribution in [-0.4, -0.2) is 27.1 Å². The monoisotopic (exact) mass is 394 g/mol. The van der Waals surface area contributed by atoms with Crippen LogP contribution in [0.15, 0.2) is 72.9 Å². The predicted octanol–water partition coefficient (Wildman–Crippen LogP) is 4.49. The molecule has 2 heterocycles. The standard InChI is InChI=1S/C25H22N4O/c1-28-23-14-18(9-10-19(23)15-27-28)20-11-12-22(26)24-21(20)16-29(25(24)30)13-5-8-17-6-3-2-4-7-17/h2-12,14-15H,13,16,26H2,1H3/b8-5-. The first-order valence-electron chi connectivity index (χ1n) is 9.96. The van der Waals surface area contributed by atoms with Gasteiger partial charge in [0.25, 0.3) is 5.91 Å². The fourth-order valence-corrected chi connectivity index (χ4v) is 4.11. The van der Waals surface area contributed by atoms with Crippen molar-refractivity contribution in [1.29, 1.82) is 0 Å². The molecule has 0 fully saturated rings. The average Bonchev–Trinajstić information content (AvgIpc) is 3.30. The minimum atomic E-state index is -0.0105. The smallest absolute Gasteiger partial charge is 0.256 e. The van der Waals surface area contributed by atoms with Crippen molar-refractivity contribution in [2.45, 2.75) is 6.54 Å². The maximum absolute atomic E-state index is 13.1. The molecule has 0 saturated heterocycles. The van der Waals surface area contributed by atoms with Crippen LogP contribution in [0.25, 0.3) is 28.1 Å².